The molecule has 0 unspecified atom stereocenters. The normalized spacial score (nSPS) is 15.3. The molecular weight excluding hydrogens is 921 g/mol. The van der Waals surface area contributed by atoms with E-state index in [0.29, 0.717) is 42.7 Å². The smallest absolute Gasteiger partial charge is 0.326 e. The van der Waals surface area contributed by atoms with Crippen molar-refractivity contribution in [2.75, 3.05) is 18.6 Å². The van der Waals surface area contributed by atoms with Gasteiger partial charge in [0.05, 0.1) is 12.1 Å². The van der Waals surface area contributed by atoms with Crippen molar-refractivity contribution < 1.29 is 48.6 Å². The van der Waals surface area contributed by atoms with Gasteiger partial charge in [-0.2, -0.15) is 11.8 Å². The Kier molecular flexibility index (Phi) is 24.3. The predicted octanol–water partition coefficient (Wildman–Crippen LogP) is 0.743. The quantitative estimate of drug-likeness (QED) is 0.0411. The number of unbranched alkanes of at least 4 members (excludes halogenated alkanes) is 1. The lowest BCUT2D eigenvalue weighted by Crippen LogP contribution is -2.62. The van der Waals surface area contributed by atoms with Crippen LogP contribution < -0.4 is 48.7 Å². The van der Waals surface area contributed by atoms with Gasteiger partial charge in [0.15, 0.2) is 0 Å². The number of rotatable bonds is 30. The van der Waals surface area contributed by atoms with Crippen LogP contribution in [0.5, 0.6) is 0 Å². The number of hydrogen-bond acceptors (Lipinski definition) is 12. The maximum atomic E-state index is 14.2. The number of carboxylic acids is 1. The number of aliphatic hydroxyl groups excluding tert-OH is 1. The average molecular weight is 995 g/mol. The molecule has 1 aromatic heterocycles. The highest BCUT2D eigenvalue weighted by molar-refractivity contribution is 7.98. The molecule has 0 fully saturated rings. The summed E-state index contributed by atoms with van der Waals surface area (Å²) >= 11 is 1.52. The molecule has 7 amide bonds. The fraction of sp³-hybridized carbons (Fsp3) is 0.551. The highest BCUT2D eigenvalue weighted by Crippen LogP contribution is 2.20. The van der Waals surface area contributed by atoms with Crippen LogP contribution in [0.4, 0.5) is 0 Å². The van der Waals surface area contributed by atoms with E-state index in [-0.39, 0.29) is 31.6 Å². The van der Waals surface area contributed by atoms with E-state index in [1.807, 2.05) is 44.4 Å². The molecule has 70 heavy (non-hydrogen) atoms. The van der Waals surface area contributed by atoms with Gasteiger partial charge in [-0.25, -0.2) is 4.79 Å². The molecule has 20 nitrogen and oxygen atoms in total. The molecule has 1 heterocycles. The van der Waals surface area contributed by atoms with E-state index >= 15 is 0 Å². The number of hydrogen-bond donors (Lipinski definition) is 12. The number of nitrogens with two attached hydrogens (primary N) is 2. The summed E-state index contributed by atoms with van der Waals surface area (Å²) in [4.78, 5) is 112. The predicted molar refractivity (Wildman–Crippen MR) is 269 cm³/mol. The zero-order valence-electron chi connectivity index (χ0n) is 41.2. The van der Waals surface area contributed by atoms with Crippen molar-refractivity contribution in [2.24, 2.45) is 23.3 Å². The van der Waals surface area contributed by atoms with Gasteiger partial charge < -0.3 is 63.9 Å². The fourth-order valence-electron chi connectivity index (χ4n) is 7.55. The van der Waals surface area contributed by atoms with Gasteiger partial charge in [-0.15, -0.1) is 0 Å². The van der Waals surface area contributed by atoms with E-state index in [4.69, 9.17) is 11.5 Å². The standard InChI is InChI=1S/C49H74N10O10S/c1-27(2)23-37(45(64)57-39(49(68)69)25-32-26-52-35-18-12-11-17-33(32)35)56-47(66)40(28(3)4)58-48(67)41(30(6)60)59-46(65)38(24-31-15-9-8-10-16-31)55-44(63)36(19-13-14-21-50)54-42(61)29(5)53-43(62)34(51)20-22-70-7/h8-12,15-18,26-30,34,36-41,52,60H,13-14,19-25,50-51H2,1-7H3,(H,53,62)(H,54,61)(H,55,63)(H,56,66)(H,57,64)(H,58,67)(H,59,65)(H,68,69)/t29-,30+,34-,36-,37-,38-,39-,40-,41-/m0/s1. The summed E-state index contributed by atoms with van der Waals surface area (Å²) < 4.78 is 0. The zero-order chi connectivity index (χ0) is 52.1. The number of aromatic nitrogens is 1. The molecular formula is C49H74N10O10S. The summed E-state index contributed by atoms with van der Waals surface area (Å²) in [5.41, 5.74) is 13.8. The van der Waals surface area contributed by atoms with Crippen LogP contribution in [0, 0.1) is 11.8 Å². The third-order valence-electron chi connectivity index (χ3n) is 11.6. The number of fused-ring (bicyclic) bond motifs is 1. The molecule has 0 aliphatic carbocycles. The number of carbonyl (C=O) groups excluding carboxylic acids is 7. The van der Waals surface area contributed by atoms with Crippen molar-refractivity contribution in [3.05, 3.63) is 71.9 Å². The number of carboxylic acid groups (broad SMARTS) is 1. The molecule has 9 atom stereocenters. The van der Waals surface area contributed by atoms with Gasteiger partial charge >= 0.3 is 5.97 Å². The van der Waals surface area contributed by atoms with Crippen LogP contribution in [0.15, 0.2) is 60.8 Å². The first-order valence-electron chi connectivity index (χ1n) is 23.7. The minimum atomic E-state index is -1.65. The Balaban J connectivity index is 1.81. The molecule has 0 aliphatic heterocycles. The average Bonchev–Trinajstić information content (AvgIpc) is 3.72. The molecule has 0 saturated carbocycles. The third-order valence-corrected chi connectivity index (χ3v) is 12.2. The molecule has 0 spiro atoms. The molecule has 0 bridgehead atoms. The molecule has 3 rings (SSSR count). The van der Waals surface area contributed by atoms with E-state index in [1.54, 1.807) is 50.4 Å². The molecule has 14 N–H and O–H groups in total. The number of thioether (sulfide) groups is 1. The van der Waals surface area contributed by atoms with Crippen LogP contribution in [0.3, 0.4) is 0 Å². The Bertz CT molecular complexity index is 2210. The van der Waals surface area contributed by atoms with Crippen molar-refractivity contribution >= 4 is 70.0 Å². The van der Waals surface area contributed by atoms with Crippen LogP contribution in [-0.2, 0) is 51.2 Å². The number of benzene rings is 2. The summed E-state index contributed by atoms with van der Waals surface area (Å²) in [6.45, 7) is 9.97. The van der Waals surface area contributed by atoms with Crippen LogP contribution in [0.25, 0.3) is 10.9 Å². The first-order chi connectivity index (χ1) is 33.2. The zero-order valence-corrected chi connectivity index (χ0v) is 42.0. The number of nitrogens with one attached hydrogen (secondary N) is 8. The van der Waals surface area contributed by atoms with Gasteiger partial charge in [0.1, 0.15) is 42.3 Å². The van der Waals surface area contributed by atoms with Crippen molar-refractivity contribution in [2.45, 2.75) is 141 Å². The highest BCUT2D eigenvalue weighted by Gasteiger charge is 2.36. The maximum absolute atomic E-state index is 14.2. The van der Waals surface area contributed by atoms with Crippen molar-refractivity contribution in [1.29, 1.82) is 0 Å². The van der Waals surface area contributed by atoms with Crippen LogP contribution in [0.1, 0.15) is 84.8 Å². The molecule has 0 aliphatic rings. The maximum Gasteiger partial charge on any atom is 0.326 e. The minimum absolute atomic E-state index is 0.0404. The van der Waals surface area contributed by atoms with Crippen LogP contribution in [0.2, 0.25) is 0 Å². The SMILES string of the molecule is CSCC[C@H](N)C(=O)N[C@@H](C)C(=O)N[C@@H](CCCCN)C(=O)N[C@@H](Cc1ccccc1)C(=O)N[C@H](C(=O)N[C@H](C(=O)N[C@@H](CC(C)C)C(=O)N[C@@H](Cc1c[nH]c2ccccc12)C(=O)O)C(C)C)[C@@H](C)O. The van der Waals surface area contributed by atoms with Crippen molar-refractivity contribution in [1.82, 2.24) is 42.2 Å². The second-order valence-electron chi connectivity index (χ2n) is 18.3. The van der Waals surface area contributed by atoms with E-state index in [2.05, 4.69) is 42.2 Å². The number of carbonyl (C=O) groups is 8. The number of para-hydroxylation sites is 1. The van der Waals surface area contributed by atoms with Gasteiger partial charge in [-0.3, -0.25) is 33.6 Å². The van der Waals surface area contributed by atoms with Gasteiger partial charge in [-0.1, -0.05) is 76.2 Å². The van der Waals surface area contributed by atoms with Crippen molar-refractivity contribution in [3.63, 3.8) is 0 Å². The lowest BCUT2D eigenvalue weighted by Gasteiger charge is -2.30. The van der Waals surface area contributed by atoms with E-state index in [0.717, 1.165) is 10.9 Å². The Morgan fingerprint density at radius 2 is 1.20 bits per heavy atom. The monoisotopic (exact) mass is 995 g/mol. The number of aliphatic carboxylic acids is 1. The topological polar surface area (TPSA) is 329 Å². The Labute approximate surface area is 414 Å². The van der Waals surface area contributed by atoms with E-state index < -0.39 is 108 Å². The van der Waals surface area contributed by atoms with Gasteiger partial charge in [0.2, 0.25) is 41.4 Å². The lowest BCUT2D eigenvalue weighted by atomic mass is 9.98. The number of aromatic amines is 1. The summed E-state index contributed by atoms with van der Waals surface area (Å²) in [7, 11) is 0. The van der Waals surface area contributed by atoms with E-state index in [9.17, 15) is 48.6 Å². The molecule has 3 aromatic rings. The lowest BCUT2D eigenvalue weighted by molar-refractivity contribution is -0.142. The summed E-state index contributed by atoms with van der Waals surface area (Å²) in [6.07, 6.45) is 3.52. The second-order valence-corrected chi connectivity index (χ2v) is 19.3. The first-order valence-corrected chi connectivity index (χ1v) is 25.1. The van der Waals surface area contributed by atoms with Crippen molar-refractivity contribution in [3.8, 4) is 0 Å². The van der Waals surface area contributed by atoms with Gasteiger partial charge in [0, 0.05) is 29.9 Å². The fourth-order valence-corrected chi connectivity index (χ4v) is 8.04. The Morgan fingerprint density at radius 3 is 1.81 bits per heavy atom. The minimum Gasteiger partial charge on any atom is -0.480 e. The van der Waals surface area contributed by atoms with E-state index in [1.165, 1.54) is 25.6 Å². The first kappa shape index (κ1) is 58.3. The summed E-state index contributed by atoms with van der Waals surface area (Å²) in [5.74, 6) is -6.62. The van der Waals surface area contributed by atoms with Crippen LogP contribution in [-0.4, -0.2) is 136 Å². The van der Waals surface area contributed by atoms with Gasteiger partial charge in [-0.05, 0) is 93.5 Å². The highest BCUT2D eigenvalue weighted by atomic mass is 32.2. The molecule has 0 radical (unpaired) electrons. The van der Waals surface area contributed by atoms with Gasteiger partial charge in [0.25, 0.3) is 0 Å². The molecule has 2 aromatic carbocycles. The third kappa shape index (κ3) is 18.7. The summed E-state index contributed by atoms with van der Waals surface area (Å²) in [6, 6.07) is 6.10. The number of amides is 7. The van der Waals surface area contributed by atoms with Crippen LogP contribution >= 0.6 is 11.8 Å². The summed E-state index contributed by atoms with van der Waals surface area (Å²) in [5, 5.41) is 40.2. The number of H-pyrrole nitrogens is 1. The molecule has 21 heteroatoms. The largest absolute Gasteiger partial charge is 0.480 e. The number of aliphatic hydroxyl groups is 1. The Hall–Kier alpha value is -6.03. The Morgan fingerprint density at radius 1 is 0.629 bits per heavy atom. The second kappa shape index (κ2) is 29.2. The molecule has 0 saturated heterocycles. The molecule has 386 valence electrons.